The Labute approximate surface area is 119 Å². The van der Waals surface area contributed by atoms with E-state index in [0.717, 1.165) is 38.4 Å². The lowest BCUT2D eigenvalue weighted by Crippen LogP contribution is -2.48. The molecule has 1 aliphatic heterocycles. The molecule has 0 atom stereocenters. The van der Waals surface area contributed by atoms with E-state index in [2.05, 4.69) is 17.1 Å². The maximum absolute atomic E-state index is 12.5. The van der Waals surface area contributed by atoms with Crippen molar-refractivity contribution in [2.24, 2.45) is 0 Å². The van der Waals surface area contributed by atoms with Crippen LogP contribution in [0.15, 0.2) is 18.2 Å². The second-order valence-corrected chi connectivity index (χ2v) is 5.10. The maximum atomic E-state index is 12.5. The Balaban J connectivity index is 2.14. The first-order valence-electron chi connectivity index (χ1n) is 6.64. The molecule has 0 spiro atoms. The van der Waals surface area contributed by atoms with Gasteiger partial charge in [-0.3, -0.25) is 4.79 Å². The molecule has 104 valence electrons. The number of nitrogens with one attached hydrogen (secondary N) is 1. The summed E-state index contributed by atoms with van der Waals surface area (Å²) in [6.45, 7) is 6.63. The fourth-order valence-corrected chi connectivity index (χ4v) is 2.52. The van der Waals surface area contributed by atoms with Crippen molar-refractivity contribution in [1.29, 1.82) is 0 Å². The molecule has 5 heteroatoms. The van der Waals surface area contributed by atoms with Crippen molar-refractivity contribution in [3.8, 4) is 0 Å². The third-order valence-corrected chi connectivity index (χ3v) is 3.82. The topological polar surface area (TPSA) is 35.6 Å². The van der Waals surface area contributed by atoms with Crippen LogP contribution in [0.2, 0.25) is 5.02 Å². The predicted octanol–water partition coefficient (Wildman–Crippen LogP) is 2.16. The van der Waals surface area contributed by atoms with Gasteiger partial charge in [-0.05, 0) is 24.7 Å². The van der Waals surface area contributed by atoms with E-state index in [4.69, 9.17) is 11.6 Å². The van der Waals surface area contributed by atoms with Crippen LogP contribution in [0.1, 0.15) is 17.3 Å². The number of carbonyl (C=O) groups is 1. The number of anilines is 1. The second-order valence-electron chi connectivity index (χ2n) is 4.67. The number of carbonyl (C=O) groups excluding carboxylic acids is 1. The highest BCUT2D eigenvalue weighted by Gasteiger charge is 2.23. The van der Waals surface area contributed by atoms with Gasteiger partial charge in [0.1, 0.15) is 0 Å². The van der Waals surface area contributed by atoms with Gasteiger partial charge in [0.2, 0.25) is 0 Å². The Morgan fingerprint density at radius 3 is 2.58 bits per heavy atom. The van der Waals surface area contributed by atoms with Crippen molar-refractivity contribution in [2.75, 3.05) is 45.1 Å². The number of halogens is 1. The predicted molar refractivity (Wildman–Crippen MR) is 79.0 cm³/mol. The van der Waals surface area contributed by atoms with Crippen molar-refractivity contribution < 1.29 is 4.79 Å². The number of hydrogen-bond donors (Lipinski definition) is 1. The van der Waals surface area contributed by atoms with Crippen LogP contribution in [0.25, 0.3) is 0 Å². The summed E-state index contributed by atoms with van der Waals surface area (Å²) in [4.78, 5) is 16.8. The molecule has 0 aliphatic carbocycles. The van der Waals surface area contributed by atoms with Crippen LogP contribution < -0.4 is 5.32 Å². The van der Waals surface area contributed by atoms with Gasteiger partial charge in [0.25, 0.3) is 5.91 Å². The largest absolute Gasteiger partial charge is 0.387 e. The summed E-state index contributed by atoms with van der Waals surface area (Å²) in [5, 5.41) is 3.64. The van der Waals surface area contributed by atoms with Crippen molar-refractivity contribution >= 4 is 23.2 Å². The highest BCUT2D eigenvalue weighted by molar-refractivity contribution is 6.31. The molecule has 1 aliphatic rings. The molecule has 19 heavy (non-hydrogen) atoms. The van der Waals surface area contributed by atoms with Gasteiger partial charge < -0.3 is 15.1 Å². The molecule has 1 amide bonds. The van der Waals surface area contributed by atoms with Gasteiger partial charge >= 0.3 is 0 Å². The van der Waals surface area contributed by atoms with Crippen LogP contribution in [-0.4, -0.2) is 55.5 Å². The Morgan fingerprint density at radius 1 is 1.32 bits per heavy atom. The smallest absolute Gasteiger partial charge is 0.256 e. The third kappa shape index (κ3) is 3.19. The molecule has 0 radical (unpaired) electrons. The Kier molecular flexibility index (Phi) is 4.66. The molecule has 1 fully saturated rings. The van der Waals surface area contributed by atoms with E-state index in [1.807, 2.05) is 18.0 Å². The molecule has 0 saturated carbocycles. The molecule has 0 unspecified atom stereocenters. The molecular weight excluding hydrogens is 262 g/mol. The summed E-state index contributed by atoms with van der Waals surface area (Å²) in [6, 6.07) is 5.37. The summed E-state index contributed by atoms with van der Waals surface area (Å²) < 4.78 is 0. The number of piperazine rings is 1. The maximum Gasteiger partial charge on any atom is 0.256 e. The van der Waals surface area contributed by atoms with Crippen LogP contribution in [0, 0.1) is 0 Å². The summed E-state index contributed by atoms with van der Waals surface area (Å²) in [5.74, 6) is 0.0580. The molecule has 1 saturated heterocycles. The van der Waals surface area contributed by atoms with Gasteiger partial charge in [0, 0.05) is 43.9 Å². The summed E-state index contributed by atoms with van der Waals surface area (Å²) >= 11 is 6.00. The van der Waals surface area contributed by atoms with E-state index in [1.165, 1.54) is 0 Å². The van der Waals surface area contributed by atoms with E-state index in [1.54, 1.807) is 12.1 Å². The Hall–Kier alpha value is -1.26. The number of rotatable bonds is 3. The van der Waals surface area contributed by atoms with E-state index in [0.29, 0.717) is 10.6 Å². The molecule has 1 N–H and O–H groups in total. The zero-order valence-corrected chi connectivity index (χ0v) is 12.2. The number of likely N-dealkylation sites (N-methyl/N-ethyl adjacent to an activating group) is 1. The van der Waals surface area contributed by atoms with E-state index < -0.39 is 0 Å². The quantitative estimate of drug-likeness (QED) is 0.922. The lowest BCUT2D eigenvalue weighted by molar-refractivity contribution is 0.0644. The fraction of sp³-hybridized carbons (Fsp3) is 0.500. The number of nitrogens with zero attached hydrogens (tertiary/aromatic N) is 2. The lowest BCUT2D eigenvalue weighted by Gasteiger charge is -2.34. The minimum Gasteiger partial charge on any atom is -0.387 e. The number of benzene rings is 1. The van der Waals surface area contributed by atoms with E-state index in [9.17, 15) is 4.79 Å². The van der Waals surface area contributed by atoms with Gasteiger partial charge in [0.05, 0.1) is 5.56 Å². The average molecular weight is 282 g/mol. The lowest BCUT2D eigenvalue weighted by atomic mass is 10.1. The second kappa shape index (κ2) is 6.26. The summed E-state index contributed by atoms with van der Waals surface area (Å²) in [7, 11) is 1.81. The van der Waals surface area contributed by atoms with Crippen molar-refractivity contribution in [3.05, 3.63) is 28.8 Å². The number of hydrogen-bond acceptors (Lipinski definition) is 3. The minimum atomic E-state index is 0.0580. The average Bonchev–Trinajstić information content (AvgIpc) is 2.46. The SMILES string of the molecule is CCN1CCN(C(=O)c2cc(Cl)ccc2NC)CC1. The van der Waals surface area contributed by atoms with Gasteiger partial charge in [-0.25, -0.2) is 0 Å². The molecule has 1 aromatic carbocycles. The highest BCUT2D eigenvalue weighted by Crippen LogP contribution is 2.22. The van der Waals surface area contributed by atoms with E-state index >= 15 is 0 Å². The normalized spacial score (nSPS) is 16.5. The number of amides is 1. The first kappa shape index (κ1) is 14.2. The Bertz CT molecular complexity index is 456. The van der Waals surface area contributed by atoms with E-state index in [-0.39, 0.29) is 5.91 Å². The molecule has 1 heterocycles. The van der Waals surface area contributed by atoms with Gasteiger partial charge in [-0.15, -0.1) is 0 Å². The molecule has 0 aromatic heterocycles. The molecule has 4 nitrogen and oxygen atoms in total. The Morgan fingerprint density at radius 2 is 2.00 bits per heavy atom. The van der Waals surface area contributed by atoms with Crippen LogP contribution in [-0.2, 0) is 0 Å². The first-order chi connectivity index (χ1) is 9.15. The van der Waals surface area contributed by atoms with Crippen LogP contribution in [0.5, 0.6) is 0 Å². The van der Waals surface area contributed by atoms with Crippen LogP contribution >= 0.6 is 11.6 Å². The summed E-state index contributed by atoms with van der Waals surface area (Å²) in [5.41, 5.74) is 1.48. The van der Waals surface area contributed by atoms with Crippen molar-refractivity contribution in [2.45, 2.75) is 6.92 Å². The molecule has 2 rings (SSSR count). The minimum absolute atomic E-state index is 0.0580. The van der Waals surface area contributed by atoms with Gasteiger partial charge in [-0.2, -0.15) is 0 Å². The van der Waals surface area contributed by atoms with Crippen molar-refractivity contribution in [1.82, 2.24) is 9.80 Å². The standard InChI is InChI=1S/C14H20ClN3O/c1-3-17-6-8-18(9-7-17)14(19)12-10-11(15)4-5-13(12)16-2/h4-5,10,16H,3,6-9H2,1-2H3. The van der Waals surface area contributed by atoms with Crippen LogP contribution in [0.3, 0.4) is 0 Å². The van der Waals surface area contributed by atoms with Gasteiger partial charge in [-0.1, -0.05) is 18.5 Å². The zero-order chi connectivity index (χ0) is 13.8. The third-order valence-electron chi connectivity index (χ3n) is 3.59. The highest BCUT2D eigenvalue weighted by atomic mass is 35.5. The van der Waals surface area contributed by atoms with Crippen LogP contribution in [0.4, 0.5) is 5.69 Å². The molecule has 1 aromatic rings. The summed E-state index contributed by atoms with van der Waals surface area (Å²) in [6.07, 6.45) is 0. The fourth-order valence-electron chi connectivity index (χ4n) is 2.35. The van der Waals surface area contributed by atoms with Gasteiger partial charge in [0.15, 0.2) is 0 Å². The molecule has 0 bridgehead atoms. The molecular formula is C14H20ClN3O. The monoisotopic (exact) mass is 281 g/mol. The van der Waals surface area contributed by atoms with Crippen molar-refractivity contribution in [3.63, 3.8) is 0 Å². The zero-order valence-electron chi connectivity index (χ0n) is 11.4. The first-order valence-corrected chi connectivity index (χ1v) is 7.02.